The number of ether oxygens (including phenoxy) is 4. The average Bonchev–Trinajstić information content (AvgIpc) is 1.40. The molecule has 1 fully saturated rings. The Bertz CT molecular complexity index is 2860. The van der Waals surface area contributed by atoms with Gasteiger partial charge in [0.25, 0.3) is 0 Å². The van der Waals surface area contributed by atoms with E-state index in [0.717, 1.165) is 11.1 Å². The summed E-state index contributed by atoms with van der Waals surface area (Å²) in [7, 11) is 9.51. The zero-order valence-corrected chi connectivity index (χ0v) is 56.8. The van der Waals surface area contributed by atoms with Crippen LogP contribution in [-0.4, -0.2) is 185 Å². The molecule has 11 atom stereocenters. The number of hydrogen-bond acceptors (Lipinski definition) is 15. The summed E-state index contributed by atoms with van der Waals surface area (Å²) < 4.78 is 22.8. The Hall–Kier alpha value is -7.67. The standard InChI is InChI=1S/C68H105N11O13/c1-16-44(8)59(54(89-13)39-55(80)79-36-21-25-53(79)60(90-14)45(9)61(81)74-52(66(86)91-15)38-47-22-18-17-19-23-47)78(12)65(85)57(42(4)5)75-64(84)58(43(6)7)76(10)37-34-46-28-32-50(33-29-46)77(11)68(88)92-40-48-26-30-49(31-27-48)72-62(82)51(24-20-35-71-67(70)87)73-63(83)56(69)41(2)3/h17-19,22-23,26-33,41-45,51-54,56-60H,16,20-21,24-25,34-40,69H2,1-15H3,(H,72,82)(H,73,83)(H,74,81)(H,75,84)(H3,70,71,87). The van der Waals surface area contributed by atoms with Crippen molar-refractivity contribution in [3.05, 3.63) is 95.6 Å². The summed E-state index contributed by atoms with van der Waals surface area (Å²) in [5, 5.41) is 14.0. The Morgan fingerprint density at radius 1 is 0.707 bits per heavy atom. The number of nitrogens with zero attached hydrogens (tertiary/aromatic N) is 4. The van der Waals surface area contributed by atoms with E-state index < -0.39 is 96.2 Å². The third-order valence-electron chi connectivity index (χ3n) is 17.5. The van der Waals surface area contributed by atoms with Gasteiger partial charge in [-0.2, -0.15) is 0 Å². The van der Waals surface area contributed by atoms with Crippen LogP contribution < -0.4 is 43.0 Å². The van der Waals surface area contributed by atoms with Crippen LogP contribution in [-0.2, 0) is 72.0 Å². The highest BCUT2D eigenvalue weighted by atomic mass is 16.6. The number of esters is 1. The van der Waals surface area contributed by atoms with Gasteiger partial charge in [0.1, 0.15) is 24.7 Å². The number of hydrogen-bond donors (Lipinski definition) is 7. The summed E-state index contributed by atoms with van der Waals surface area (Å²) in [5.74, 6) is -4.22. The summed E-state index contributed by atoms with van der Waals surface area (Å²) in [6.45, 7) is 18.2. The van der Waals surface area contributed by atoms with E-state index in [4.69, 9.17) is 30.4 Å². The van der Waals surface area contributed by atoms with Gasteiger partial charge in [-0.1, -0.05) is 123 Å². The number of anilines is 2. The molecular formula is C68H105N11O13. The molecule has 92 heavy (non-hydrogen) atoms. The van der Waals surface area contributed by atoms with Crippen molar-refractivity contribution in [1.82, 2.24) is 36.0 Å². The minimum absolute atomic E-state index is 0.0505. The Morgan fingerprint density at radius 2 is 1.34 bits per heavy atom. The van der Waals surface area contributed by atoms with Crippen molar-refractivity contribution < 1.29 is 62.1 Å². The van der Waals surface area contributed by atoms with E-state index >= 15 is 0 Å². The molecule has 24 nitrogen and oxygen atoms in total. The highest BCUT2D eigenvalue weighted by Crippen LogP contribution is 2.30. The second kappa shape index (κ2) is 37.7. The van der Waals surface area contributed by atoms with Crippen LogP contribution in [0.3, 0.4) is 0 Å². The number of primary amides is 1. The lowest BCUT2D eigenvalue weighted by atomic mass is 9.89. The van der Waals surface area contributed by atoms with Crippen molar-refractivity contribution in [2.45, 2.75) is 175 Å². The number of methoxy groups -OCH3 is 3. The molecule has 0 aromatic heterocycles. The second-order valence-corrected chi connectivity index (χ2v) is 25.2. The van der Waals surface area contributed by atoms with Crippen LogP contribution in [0.2, 0.25) is 0 Å². The SMILES string of the molecule is CCC(C)C(C(CC(=O)N1CCCC1C(OC)C(C)C(=O)NC(Cc1ccccc1)C(=O)OC)OC)N(C)C(=O)C(NC(=O)C(C(C)C)N(C)CCc1ccc(N(C)C(=O)OCc2ccc(NC(=O)C(CCCNC(N)=O)NC(=O)C(N)C(C)C)cc2)cc1)C(C)C. The first-order valence-electron chi connectivity index (χ1n) is 32.1. The molecule has 1 saturated heterocycles. The lowest BCUT2D eigenvalue weighted by Gasteiger charge is -2.41. The Balaban J connectivity index is 1.35. The summed E-state index contributed by atoms with van der Waals surface area (Å²) in [6.07, 6.45) is 1.25. The first kappa shape index (κ1) is 76.8. The number of benzene rings is 3. The van der Waals surface area contributed by atoms with E-state index in [0.29, 0.717) is 62.1 Å². The van der Waals surface area contributed by atoms with Crippen LogP contribution >= 0.6 is 0 Å². The zero-order valence-electron chi connectivity index (χ0n) is 56.8. The normalized spacial score (nSPS) is 16.4. The van der Waals surface area contributed by atoms with Gasteiger partial charge in [0.15, 0.2) is 0 Å². The van der Waals surface area contributed by atoms with Crippen LogP contribution in [0.5, 0.6) is 0 Å². The summed E-state index contributed by atoms with van der Waals surface area (Å²) >= 11 is 0. The number of nitrogens with one attached hydrogen (secondary N) is 5. The molecule has 1 aliphatic rings. The van der Waals surface area contributed by atoms with Gasteiger partial charge in [0.2, 0.25) is 35.4 Å². The number of urea groups is 1. The number of carbonyl (C=O) groups excluding carboxylic acids is 9. The number of carbonyl (C=O) groups is 9. The third kappa shape index (κ3) is 22.6. The van der Waals surface area contributed by atoms with Gasteiger partial charge in [0.05, 0.1) is 55.8 Å². The molecule has 1 heterocycles. The van der Waals surface area contributed by atoms with Gasteiger partial charge in [-0.25, -0.2) is 14.4 Å². The fourth-order valence-electron chi connectivity index (χ4n) is 11.7. The van der Waals surface area contributed by atoms with Crippen molar-refractivity contribution in [3.8, 4) is 0 Å². The summed E-state index contributed by atoms with van der Waals surface area (Å²) in [5.41, 5.74) is 14.7. The van der Waals surface area contributed by atoms with Crippen LogP contribution in [0, 0.1) is 29.6 Å². The van der Waals surface area contributed by atoms with Gasteiger partial charge in [-0.3, -0.25) is 38.6 Å². The van der Waals surface area contributed by atoms with Crippen LogP contribution in [0.1, 0.15) is 118 Å². The van der Waals surface area contributed by atoms with Crippen molar-refractivity contribution in [3.63, 3.8) is 0 Å². The molecule has 510 valence electrons. The van der Waals surface area contributed by atoms with Gasteiger partial charge < -0.3 is 66.8 Å². The number of likely N-dealkylation sites (N-methyl/N-ethyl adjacent to an activating group) is 2. The van der Waals surface area contributed by atoms with Crippen molar-refractivity contribution in [2.75, 3.05) is 72.3 Å². The minimum atomic E-state index is -0.932. The van der Waals surface area contributed by atoms with Gasteiger partial charge >= 0.3 is 18.1 Å². The van der Waals surface area contributed by atoms with Gasteiger partial charge in [0, 0.05) is 65.7 Å². The maximum atomic E-state index is 14.8. The molecule has 0 bridgehead atoms. The monoisotopic (exact) mass is 1280 g/mol. The number of likely N-dealkylation sites (tertiary alicyclic amines) is 1. The summed E-state index contributed by atoms with van der Waals surface area (Å²) in [6, 6.07) is 17.6. The van der Waals surface area contributed by atoms with E-state index in [-0.39, 0.29) is 73.8 Å². The van der Waals surface area contributed by atoms with E-state index in [1.54, 1.807) is 68.9 Å². The van der Waals surface area contributed by atoms with Gasteiger partial charge in [-0.05, 0) is 104 Å². The predicted molar refractivity (Wildman–Crippen MR) is 354 cm³/mol. The first-order chi connectivity index (χ1) is 43.6. The first-order valence-corrected chi connectivity index (χ1v) is 32.1. The van der Waals surface area contributed by atoms with Crippen LogP contribution in [0.4, 0.5) is 21.0 Å². The molecule has 1 aliphatic heterocycles. The molecule has 24 heteroatoms. The van der Waals surface area contributed by atoms with Crippen LogP contribution in [0.25, 0.3) is 0 Å². The molecule has 0 radical (unpaired) electrons. The van der Waals surface area contributed by atoms with E-state index in [9.17, 15) is 43.2 Å². The predicted octanol–water partition coefficient (Wildman–Crippen LogP) is 5.78. The molecule has 0 spiro atoms. The van der Waals surface area contributed by atoms with E-state index in [2.05, 4.69) is 26.6 Å². The molecule has 3 aromatic carbocycles. The molecule has 4 rings (SSSR count). The second-order valence-electron chi connectivity index (χ2n) is 25.2. The van der Waals surface area contributed by atoms with Crippen molar-refractivity contribution in [1.29, 1.82) is 0 Å². The highest BCUT2D eigenvalue weighted by Gasteiger charge is 2.44. The average molecular weight is 1280 g/mol. The topological polar surface area (TPSA) is 316 Å². The lowest BCUT2D eigenvalue weighted by molar-refractivity contribution is -0.149. The Kier molecular flexibility index (Phi) is 31.5. The Labute approximate surface area is 544 Å². The molecule has 11 unspecified atom stereocenters. The highest BCUT2D eigenvalue weighted by molar-refractivity contribution is 5.98. The molecule has 0 saturated carbocycles. The molecule has 0 aliphatic carbocycles. The largest absolute Gasteiger partial charge is 0.467 e. The molecule has 9 amide bonds. The third-order valence-corrected chi connectivity index (χ3v) is 17.5. The summed E-state index contributed by atoms with van der Waals surface area (Å²) in [4.78, 5) is 128. The molecular weight excluding hydrogens is 1180 g/mol. The van der Waals surface area contributed by atoms with Crippen molar-refractivity contribution >= 4 is 64.9 Å². The number of nitrogens with two attached hydrogens (primary N) is 2. The van der Waals surface area contributed by atoms with Gasteiger partial charge in [-0.15, -0.1) is 0 Å². The lowest BCUT2D eigenvalue weighted by Crippen LogP contribution is -2.60. The smallest absolute Gasteiger partial charge is 0.414 e. The number of rotatable bonds is 36. The fourth-order valence-corrected chi connectivity index (χ4v) is 11.7. The zero-order chi connectivity index (χ0) is 68.5. The fraction of sp³-hybridized carbons (Fsp3) is 0.603. The van der Waals surface area contributed by atoms with E-state index in [1.165, 1.54) is 26.2 Å². The molecule has 9 N–H and O–H groups in total. The van der Waals surface area contributed by atoms with E-state index in [1.807, 2.05) is 108 Å². The quantitative estimate of drug-likeness (QED) is 0.0268. The maximum Gasteiger partial charge on any atom is 0.414 e. The number of amides is 9. The van der Waals surface area contributed by atoms with Crippen LogP contribution in [0.15, 0.2) is 78.9 Å². The minimum Gasteiger partial charge on any atom is -0.467 e. The molecule has 3 aromatic rings. The Morgan fingerprint density at radius 3 is 1.90 bits per heavy atom. The van der Waals surface area contributed by atoms with Crippen molar-refractivity contribution in [2.24, 2.45) is 41.1 Å². The maximum absolute atomic E-state index is 14.8.